The van der Waals surface area contributed by atoms with Gasteiger partial charge in [-0.25, -0.2) is 4.98 Å². The normalized spacial score (nSPS) is 21.0. The quantitative estimate of drug-likeness (QED) is 0.806. The molecule has 120 valence electrons. The van der Waals surface area contributed by atoms with Crippen molar-refractivity contribution in [2.75, 3.05) is 0 Å². The van der Waals surface area contributed by atoms with Gasteiger partial charge in [0, 0.05) is 23.2 Å². The molecule has 0 unspecified atom stereocenters. The van der Waals surface area contributed by atoms with Gasteiger partial charge in [-0.05, 0) is 36.6 Å². The van der Waals surface area contributed by atoms with Gasteiger partial charge >= 0.3 is 0 Å². The summed E-state index contributed by atoms with van der Waals surface area (Å²) >= 11 is 12.4. The van der Waals surface area contributed by atoms with Crippen molar-refractivity contribution in [2.24, 2.45) is 0 Å². The Morgan fingerprint density at radius 3 is 2.65 bits per heavy atom. The number of carbonyl (C=O) groups excluding carboxylic acids is 1. The van der Waals surface area contributed by atoms with Crippen LogP contribution < -0.4 is 5.32 Å². The van der Waals surface area contributed by atoms with Crippen LogP contribution in [0.4, 0.5) is 0 Å². The first-order chi connectivity index (χ1) is 11.2. The van der Waals surface area contributed by atoms with Gasteiger partial charge in [0.2, 0.25) is 0 Å². The number of halogens is 2. The van der Waals surface area contributed by atoms with E-state index in [1.165, 1.54) is 0 Å². The van der Waals surface area contributed by atoms with Crippen molar-refractivity contribution in [1.82, 2.24) is 10.3 Å². The largest absolute Gasteiger partial charge is 0.349 e. The summed E-state index contributed by atoms with van der Waals surface area (Å²) in [6.45, 7) is 0. The minimum Gasteiger partial charge on any atom is -0.349 e. The van der Waals surface area contributed by atoms with E-state index in [1.54, 1.807) is 18.3 Å². The van der Waals surface area contributed by atoms with Crippen LogP contribution in [0.5, 0.6) is 0 Å². The number of hydrogen-bond acceptors (Lipinski definition) is 2. The average Bonchev–Trinajstić information content (AvgIpc) is 2.56. The molecule has 0 aliphatic heterocycles. The third-order valence-corrected chi connectivity index (χ3v) is 5.04. The van der Waals surface area contributed by atoms with Gasteiger partial charge in [0.25, 0.3) is 5.91 Å². The third kappa shape index (κ3) is 3.67. The van der Waals surface area contributed by atoms with Crippen LogP contribution in [0.25, 0.3) is 0 Å². The minimum atomic E-state index is -0.174. The van der Waals surface area contributed by atoms with Crippen molar-refractivity contribution in [3.05, 3.63) is 63.9 Å². The second-order valence-electron chi connectivity index (χ2n) is 5.83. The second kappa shape index (κ2) is 7.33. The summed E-state index contributed by atoms with van der Waals surface area (Å²) in [5.74, 6) is 0.0592. The van der Waals surface area contributed by atoms with Crippen LogP contribution in [0.2, 0.25) is 10.2 Å². The van der Waals surface area contributed by atoms with Crippen molar-refractivity contribution in [2.45, 2.75) is 37.6 Å². The zero-order valence-electron chi connectivity index (χ0n) is 12.6. The van der Waals surface area contributed by atoms with E-state index in [2.05, 4.69) is 16.4 Å². The first-order valence-corrected chi connectivity index (χ1v) is 8.58. The number of pyridine rings is 1. The number of amides is 1. The van der Waals surface area contributed by atoms with Crippen LogP contribution in [0, 0.1) is 0 Å². The summed E-state index contributed by atoms with van der Waals surface area (Å²) < 4.78 is 0. The highest BCUT2D eigenvalue weighted by Gasteiger charge is 2.29. The van der Waals surface area contributed by atoms with Crippen LogP contribution in [-0.4, -0.2) is 16.9 Å². The predicted octanol–water partition coefficient (Wildman–Crippen LogP) is 4.84. The number of aromatic nitrogens is 1. The molecule has 0 saturated heterocycles. The van der Waals surface area contributed by atoms with Crippen molar-refractivity contribution < 1.29 is 4.79 Å². The molecule has 1 N–H and O–H groups in total. The molecule has 1 aliphatic carbocycles. The SMILES string of the molecule is O=C(N[C@H]1CCCC[C@@H]1c1ccccc1Cl)c1cccnc1Cl. The third-order valence-electron chi connectivity index (χ3n) is 4.39. The maximum absolute atomic E-state index is 12.5. The number of rotatable bonds is 3. The van der Waals surface area contributed by atoms with Crippen molar-refractivity contribution >= 4 is 29.1 Å². The van der Waals surface area contributed by atoms with E-state index in [9.17, 15) is 4.79 Å². The van der Waals surface area contributed by atoms with Gasteiger partial charge in [-0.15, -0.1) is 0 Å². The van der Waals surface area contributed by atoms with Crippen molar-refractivity contribution in [3.8, 4) is 0 Å². The molecule has 5 heteroatoms. The zero-order valence-corrected chi connectivity index (χ0v) is 14.1. The van der Waals surface area contributed by atoms with Gasteiger partial charge in [0.15, 0.2) is 0 Å². The Labute approximate surface area is 146 Å². The van der Waals surface area contributed by atoms with E-state index < -0.39 is 0 Å². The molecule has 2 atom stereocenters. The Kier molecular flexibility index (Phi) is 5.19. The Morgan fingerprint density at radius 1 is 1.09 bits per heavy atom. The monoisotopic (exact) mass is 348 g/mol. The molecule has 1 aliphatic rings. The lowest BCUT2D eigenvalue weighted by atomic mass is 9.80. The number of benzene rings is 1. The standard InChI is InChI=1S/C18H18Cl2N2O/c19-15-9-3-1-6-12(15)13-7-2-4-10-16(13)22-18(23)14-8-5-11-21-17(14)20/h1,3,5-6,8-9,11,13,16H,2,4,7,10H2,(H,22,23)/t13-,16+/m1/s1. The first kappa shape index (κ1) is 16.3. The van der Waals surface area contributed by atoms with Crippen LogP contribution >= 0.6 is 23.2 Å². The molecule has 2 aromatic rings. The summed E-state index contributed by atoms with van der Waals surface area (Å²) in [6.07, 6.45) is 5.80. The van der Waals surface area contributed by atoms with Crippen molar-refractivity contribution in [3.63, 3.8) is 0 Å². The van der Waals surface area contributed by atoms with E-state index in [0.717, 1.165) is 36.3 Å². The van der Waals surface area contributed by atoms with Gasteiger partial charge in [-0.2, -0.15) is 0 Å². The van der Waals surface area contributed by atoms with Crippen molar-refractivity contribution in [1.29, 1.82) is 0 Å². The van der Waals surface area contributed by atoms with E-state index in [-0.39, 0.29) is 23.0 Å². The van der Waals surface area contributed by atoms with Gasteiger partial charge in [0.1, 0.15) is 5.15 Å². The van der Waals surface area contributed by atoms with Gasteiger partial charge in [0.05, 0.1) is 5.56 Å². The molecule has 1 heterocycles. The highest BCUT2D eigenvalue weighted by Crippen LogP contribution is 2.36. The number of carbonyl (C=O) groups is 1. The lowest BCUT2D eigenvalue weighted by Crippen LogP contribution is -2.41. The van der Waals surface area contributed by atoms with Crippen LogP contribution in [0.3, 0.4) is 0 Å². The molecule has 23 heavy (non-hydrogen) atoms. The summed E-state index contributed by atoms with van der Waals surface area (Å²) in [5.41, 5.74) is 1.52. The van der Waals surface area contributed by atoms with Gasteiger partial charge in [-0.3, -0.25) is 4.79 Å². The molecule has 3 rings (SSSR count). The molecular weight excluding hydrogens is 331 g/mol. The Morgan fingerprint density at radius 2 is 1.87 bits per heavy atom. The molecular formula is C18H18Cl2N2O. The molecule has 0 bridgehead atoms. The lowest BCUT2D eigenvalue weighted by Gasteiger charge is -2.33. The Hall–Kier alpha value is -1.58. The maximum atomic E-state index is 12.5. The molecule has 1 aromatic carbocycles. The first-order valence-electron chi connectivity index (χ1n) is 7.82. The minimum absolute atomic E-state index is 0.0624. The summed E-state index contributed by atoms with van der Waals surface area (Å²) in [4.78, 5) is 16.5. The molecule has 1 amide bonds. The smallest absolute Gasteiger partial charge is 0.254 e. The highest BCUT2D eigenvalue weighted by molar-refractivity contribution is 6.32. The molecule has 0 radical (unpaired) electrons. The topological polar surface area (TPSA) is 42.0 Å². The van der Waals surface area contributed by atoms with Crippen LogP contribution in [-0.2, 0) is 0 Å². The summed E-state index contributed by atoms with van der Waals surface area (Å²) in [6, 6.07) is 11.3. The van der Waals surface area contributed by atoms with Gasteiger partial charge in [-0.1, -0.05) is 54.2 Å². The lowest BCUT2D eigenvalue weighted by molar-refractivity contribution is 0.0920. The molecule has 1 saturated carbocycles. The van der Waals surface area contributed by atoms with E-state index in [4.69, 9.17) is 23.2 Å². The molecule has 3 nitrogen and oxygen atoms in total. The highest BCUT2D eigenvalue weighted by atomic mass is 35.5. The van der Waals surface area contributed by atoms with Crippen LogP contribution in [0.15, 0.2) is 42.6 Å². The molecule has 0 spiro atoms. The number of nitrogens with zero attached hydrogens (tertiary/aromatic N) is 1. The van der Waals surface area contributed by atoms with E-state index in [0.29, 0.717) is 5.56 Å². The fourth-order valence-corrected chi connectivity index (χ4v) is 3.73. The fraction of sp³-hybridized carbons (Fsp3) is 0.333. The fourth-order valence-electron chi connectivity index (χ4n) is 3.25. The second-order valence-corrected chi connectivity index (χ2v) is 6.60. The average molecular weight is 349 g/mol. The Bertz CT molecular complexity index is 705. The van der Waals surface area contributed by atoms with E-state index >= 15 is 0 Å². The molecule has 1 aromatic heterocycles. The number of nitrogens with one attached hydrogen (secondary N) is 1. The summed E-state index contributed by atoms with van der Waals surface area (Å²) in [7, 11) is 0. The maximum Gasteiger partial charge on any atom is 0.254 e. The van der Waals surface area contributed by atoms with Crippen LogP contribution in [0.1, 0.15) is 47.5 Å². The summed E-state index contributed by atoms with van der Waals surface area (Å²) in [5, 5.41) is 4.12. The predicted molar refractivity (Wildman–Crippen MR) is 93.2 cm³/mol. The molecule has 1 fully saturated rings. The van der Waals surface area contributed by atoms with E-state index in [1.807, 2.05) is 18.2 Å². The number of hydrogen-bond donors (Lipinski definition) is 1. The van der Waals surface area contributed by atoms with Gasteiger partial charge < -0.3 is 5.32 Å². The Balaban J connectivity index is 1.81. The zero-order chi connectivity index (χ0) is 16.2.